The lowest BCUT2D eigenvalue weighted by molar-refractivity contribution is -0.125. The fourth-order valence-electron chi connectivity index (χ4n) is 5.32. The Bertz CT molecular complexity index is 1300. The minimum Gasteiger partial charge on any atom is -0.355 e. The van der Waals surface area contributed by atoms with Crippen molar-refractivity contribution in [3.63, 3.8) is 0 Å². The number of hydrogen-bond donors (Lipinski definition) is 3. The number of hydrogen-bond acceptors (Lipinski definition) is 4. The van der Waals surface area contributed by atoms with Crippen molar-refractivity contribution in [1.82, 2.24) is 16.0 Å². The summed E-state index contributed by atoms with van der Waals surface area (Å²) in [6.45, 7) is 3.32. The number of rotatable bonds is 13. The van der Waals surface area contributed by atoms with Crippen LogP contribution in [-0.2, 0) is 15.0 Å². The molecule has 3 N–H and O–H groups in total. The largest absolute Gasteiger partial charge is 0.355 e. The standard InChI is InChI=1S/C32H37F3N4O2/c1-30(2,35)17-25(28(40)39-31(19-36)13-14-31)38-26(27(33)34)23-7-5-21(6-8-23)22-9-11-24(12-10-22)32(15-16-32)29(41)37-18-20-3-4-20/h5-12,20,25-27,38H,3-4,13-18H2,1-2H3,(H,37,41)(H,39,40)/t25-,26-/m0/s1. The van der Waals surface area contributed by atoms with Crippen molar-refractivity contribution in [1.29, 1.82) is 5.26 Å². The van der Waals surface area contributed by atoms with E-state index in [0.29, 0.717) is 18.8 Å². The molecule has 0 bridgehead atoms. The average molecular weight is 567 g/mol. The van der Waals surface area contributed by atoms with Crippen LogP contribution in [0.3, 0.4) is 0 Å². The highest BCUT2D eigenvalue weighted by molar-refractivity contribution is 5.91. The predicted molar refractivity (Wildman–Crippen MR) is 150 cm³/mol. The van der Waals surface area contributed by atoms with Crippen LogP contribution < -0.4 is 16.0 Å². The van der Waals surface area contributed by atoms with Crippen molar-refractivity contribution in [2.24, 2.45) is 5.92 Å². The number of nitrogens with one attached hydrogen (secondary N) is 3. The van der Waals surface area contributed by atoms with Crippen LogP contribution in [0.5, 0.6) is 0 Å². The van der Waals surface area contributed by atoms with E-state index in [4.69, 9.17) is 0 Å². The molecule has 2 aromatic rings. The molecule has 6 nitrogen and oxygen atoms in total. The second kappa shape index (κ2) is 11.1. The minimum atomic E-state index is -2.86. The number of halogens is 3. The lowest BCUT2D eigenvalue weighted by Crippen LogP contribution is -2.52. The first kappa shape index (κ1) is 29.1. The Hall–Kier alpha value is -3.38. The number of nitrogens with zero attached hydrogens (tertiary/aromatic N) is 1. The van der Waals surface area contributed by atoms with Crippen LogP contribution in [0.25, 0.3) is 11.1 Å². The Morgan fingerprint density at radius 3 is 2.05 bits per heavy atom. The van der Waals surface area contributed by atoms with Crippen molar-refractivity contribution in [3.05, 3.63) is 59.7 Å². The summed E-state index contributed by atoms with van der Waals surface area (Å²) in [5.74, 6) is 0.0545. The van der Waals surface area contributed by atoms with E-state index in [1.54, 1.807) is 24.3 Å². The topological polar surface area (TPSA) is 94.0 Å². The third-order valence-electron chi connectivity index (χ3n) is 8.44. The van der Waals surface area contributed by atoms with Gasteiger partial charge in [0.15, 0.2) is 0 Å². The van der Waals surface area contributed by atoms with Crippen molar-refractivity contribution >= 4 is 11.8 Å². The van der Waals surface area contributed by atoms with E-state index >= 15 is 0 Å². The van der Waals surface area contributed by atoms with Gasteiger partial charge in [-0.1, -0.05) is 48.5 Å². The summed E-state index contributed by atoms with van der Waals surface area (Å²) in [7, 11) is 0. The van der Waals surface area contributed by atoms with Crippen molar-refractivity contribution in [3.8, 4) is 17.2 Å². The average Bonchev–Trinajstić information content (AvgIpc) is 3.80. The van der Waals surface area contributed by atoms with Crippen LogP contribution in [0.1, 0.15) is 76.0 Å². The Kier molecular flexibility index (Phi) is 7.90. The molecule has 0 radical (unpaired) electrons. The molecule has 41 heavy (non-hydrogen) atoms. The molecule has 0 aromatic heterocycles. The lowest BCUT2D eigenvalue weighted by Gasteiger charge is -2.29. The molecule has 3 aliphatic carbocycles. The van der Waals surface area contributed by atoms with E-state index in [1.807, 2.05) is 30.3 Å². The van der Waals surface area contributed by atoms with Crippen LogP contribution >= 0.6 is 0 Å². The van der Waals surface area contributed by atoms with Gasteiger partial charge in [-0.05, 0) is 80.5 Å². The van der Waals surface area contributed by atoms with Gasteiger partial charge in [0.2, 0.25) is 11.8 Å². The summed E-state index contributed by atoms with van der Waals surface area (Å²) in [5, 5.41) is 17.7. The second-order valence-electron chi connectivity index (χ2n) is 12.6. The molecule has 0 unspecified atom stereocenters. The van der Waals surface area contributed by atoms with Gasteiger partial charge < -0.3 is 10.6 Å². The number of benzene rings is 2. The number of amides is 2. The molecule has 218 valence electrons. The molecule has 0 saturated heterocycles. The zero-order valence-electron chi connectivity index (χ0n) is 23.5. The monoisotopic (exact) mass is 566 g/mol. The molecular weight excluding hydrogens is 529 g/mol. The fraction of sp³-hybridized carbons (Fsp3) is 0.531. The SMILES string of the molecule is CC(C)(F)C[C@H](N[C@@H](c1ccc(-c2ccc(C3(C(=O)NCC4CC4)CC3)cc2)cc1)C(F)F)C(=O)NC1(C#N)CC1. The first-order valence-corrected chi connectivity index (χ1v) is 14.4. The molecule has 0 aliphatic heterocycles. The van der Waals surface area contributed by atoms with Crippen molar-refractivity contribution in [2.45, 2.75) is 93.9 Å². The summed E-state index contributed by atoms with van der Waals surface area (Å²) in [5.41, 5.74) is -0.277. The zero-order chi connectivity index (χ0) is 29.4. The summed E-state index contributed by atoms with van der Waals surface area (Å²) < 4.78 is 43.0. The molecule has 0 spiro atoms. The number of nitriles is 1. The maximum atomic E-state index is 14.6. The number of alkyl halides is 3. The third kappa shape index (κ3) is 6.92. The molecular formula is C32H37F3N4O2. The van der Waals surface area contributed by atoms with Gasteiger partial charge in [0, 0.05) is 13.0 Å². The highest BCUT2D eigenvalue weighted by atomic mass is 19.3. The maximum absolute atomic E-state index is 14.6. The fourth-order valence-corrected chi connectivity index (χ4v) is 5.32. The van der Waals surface area contributed by atoms with Gasteiger partial charge in [-0.15, -0.1) is 0 Å². The molecule has 0 heterocycles. The van der Waals surface area contributed by atoms with Crippen LogP contribution in [-0.4, -0.2) is 42.0 Å². The molecule has 3 saturated carbocycles. The van der Waals surface area contributed by atoms with Gasteiger partial charge in [-0.2, -0.15) is 5.26 Å². The Morgan fingerprint density at radius 2 is 1.59 bits per heavy atom. The molecule has 2 amide bonds. The van der Waals surface area contributed by atoms with E-state index in [2.05, 4.69) is 16.0 Å². The first-order valence-electron chi connectivity index (χ1n) is 14.4. The molecule has 3 aliphatic rings. The van der Waals surface area contributed by atoms with E-state index in [1.165, 1.54) is 26.7 Å². The summed E-state index contributed by atoms with van der Waals surface area (Å²) >= 11 is 0. The Morgan fingerprint density at radius 1 is 1.00 bits per heavy atom. The molecule has 9 heteroatoms. The first-order chi connectivity index (χ1) is 19.4. The van der Waals surface area contributed by atoms with E-state index in [-0.39, 0.29) is 17.9 Å². The number of carbonyl (C=O) groups excluding carboxylic acids is 2. The molecule has 3 fully saturated rings. The van der Waals surface area contributed by atoms with E-state index in [0.717, 1.165) is 36.1 Å². The second-order valence-corrected chi connectivity index (χ2v) is 12.6. The smallest absolute Gasteiger partial charge is 0.257 e. The Labute approximate surface area is 239 Å². The van der Waals surface area contributed by atoms with Gasteiger partial charge in [0.1, 0.15) is 11.2 Å². The van der Waals surface area contributed by atoms with Crippen LogP contribution in [0.2, 0.25) is 0 Å². The van der Waals surface area contributed by atoms with Crippen molar-refractivity contribution < 1.29 is 22.8 Å². The maximum Gasteiger partial charge on any atom is 0.257 e. The quantitative estimate of drug-likeness (QED) is 0.299. The van der Waals surface area contributed by atoms with Crippen LogP contribution in [0.4, 0.5) is 13.2 Å². The number of carbonyl (C=O) groups is 2. The highest BCUT2D eigenvalue weighted by Gasteiger charge is 2.51. The molecule has 2 atom stereocenters. The summed E-state index contributed by atoms with van der Waals surface area (Å²) in [4.78, 5) is 25.7. The van der Waals surface area contributed by atoms with E-state index in [9.17, 15) is 28.0 Å². The van der Waals surface area contributed by atoms with Gasteiger partial charge in [-0.25, -0.2) is 13.2 Å². The van der Waals surface area contributed by atoms with Gasteiger partial charge in [0.05, 0.1) is 23.6 Å². The highest BCUT2D eigenvalue weighted by Crippen LogP contribution is 2.49. The van der Waals surface area contributed by atoms with Crippen LogP contribution in [0, 0.1) is 17.2 Å². The molecule has 2 aromatic carbocycles. The van der Waals surface area contributed by atoms with Gasteiger partial charge >= 0.3 is 0 Å². The van der Waals surface area contributed by atoms with Gasteiger partial charge in [-0.3, -0.25) is 14.9 Å². The van der Waals surface area contributed by atoms with Crippen LogP contribution in [0.15, 0.2) is 48.5 Å². The predicted octanol–water partition coefficient (Wildman–Crippen LogP) is 5.49. The zero-order valence-corrected chi connectivity index (χ0v) is 23.5. The van der Waals surface area contributed by atoms with E-state index < -0.39 is 41.0 Å². The molecule has 5 rings (SSSR count). The van der Waals surface area contributed by atoms with Crippen molar-refractivity contribution in [2.75, 3.05) is 6.54 Å². The third-order valence-corrected chi connectivity index (χ3v) is 8.44. The summed E-state index contributed by atoms with van der Waals surface area (Å²) in [6, 6.07) is 13.7. The van der Waals surface area contributed by atoms with Gasteiger partial charge in [0.25, 0.3) is 6.43 Å². The Balaban J connectivity index is 1.28. The lowest BCUT2D eigenvalue weighted by atomic mass is 9.92. The summed E-state index contributed by atoms with van der Waals surface area (Å²) in [6.07, 6.45) is 1.81. The normalized spacial score (nSPS) is 20.0. The minimum absolute atomic E-state index is 0.0927.